The van der Waals surface area contributed by atoms with Gasteiger partial charge in [-0.1, -0.05) is 0 Å². The lowest BCUT2D eigenvalue weighted by molar-refractivity contribution is -0.145. The van der Waals surface area contributed by atoms with Crippen LogP contribution in [0, 0.1) is 0 Å². The van der Waals surface area contributed by atoms with E-state index < -0.39 is 11.8 Å². The van der Waals surface area contributed by atoms with Crippen LogP contribution < -0.4 is 5.32 Å². The molecule has 1 fully saturated rings. The van der Waals surface area contributed by atoms with Gasteiger partial charge in [0.1, 0.15) is 13.1 Å². The Labute approximate surface area is 93.9 Å². The van der Waals surface area contributed by atoms with E-state index in [4.69, 9.17) is 4.74 Å². The zero-order valence-corrected chi connectivity index (χ0v) is 9.49. The van der Waals surface area contributed by atoms with Gasteiger partial charge in [0.15, 0.2) is 0 Å². The van der Waals surface area contributed by atoms with Gasteiger partial charge in [0.05, 0.1) is 6.10 Å². The molecule has 0 saturated carbocycles. The molecule has 16 heavy (non-hydrogen) atoms. The standard InChI is InChI=1S/C10H16N2O4/c1-7(16-2)3-4-10(15)12-5-8(13)11-9(14)6-12/h7H,3-6H2,1-2H3,(H,11,13,14). The molecule has 1 saturated heterocycles. The van der Waals surface area contributed by atoms with Crippen molar-refractivity contribution in [2.24, 2.45) is 0 Å². The topological polar surface area (TPSA) is 75.7 Å². The number of hydrogen-bond donors (Lipinski definition) is 1. The van der Waals surface area contributed by atoms with Gasteiger partial charge in [-0.2, -0.15) is 0 Å². The Morgan fingerprint density at radius 1 is 1.44 bits per heavy atom. The highest BCUT2D eigenvalue weighted by Crippen LogP contribution is 2.05. The van der Waals surface area contributed by atoms with Crippen molar-refractivity contribution in [1.29, 1.82) is 0 Å². The van der Waals surface area contributed by atoms with E-state index in [1.807, 2.05) is 6.92 Å². The number of nitrogens with one attached hydrogen (secondary N) is 1. The second-order valence-corrected chi connectivity index (χ2v) is 3.81. The second-order valence-electron chi connectivity index (χ2n) is 3.81. The van der Waals surface area contributed by atoms with Crippen molar-refractivity contribution in [1.82, 2.24) is 10.2 Å². The minimum Gasteiger partial charge on any atom is -0.382 e. The summed E-state index contributed by atoms with van der Waals surface area (Å²) in [4.78, 5) is 35.0. The molecule has 1 unspecified atom stereocenters. The molecular weight excluding hydrogens is 212 g/mol. The summed E-state index contributed by atoms with van der Waals surface area (Å²) in [7, 11) is 1.58. The molecule has 1 rings (SSSR count). The molecule has 0 spiro atoms. The predicted octanol–water partition coefficient (Wildman–Crippen LogP) is -0.713. The molecule has 6 nitrogen and oxygen atoms in total. The van der Waals surface area contributed by atoms with Gasteiger partial charge in [0.2, 0.25) is 17.7 Å². The van der Waals surface area contributed by atoms with Crippen LogP contribution in [-0.2, 0) is 19.1 Å². The highest BCUT2D eigenvalue weighted by atomic mass is 16.5. The first-order chi connectivity index (χ1) is 7.52. The van der Waals surface area contributed by atoms with Crippen LogP contribution in [-0.4, -0.2) is 48.9 Å². The fraction of sp³-hybridized carbons (Fsp3) is 0.700. The van der Waals surface area contributed by atoms with Crippen LogP contribution in [0.4, 0.5) is 0 Å². The first-order valence-electron chi connectivity index (χ1n) is 5.16. The average Bonchev–Trinajstić information content (AvgIpc) is 2.23. The van der Waals surface area contributed by atoms with Gasteiger partial charge in [-0.3, -0.25) is 19.7 Å². The van der Waals surface area contributed by atoms with Crippen LogP contribution >= 0.6 is 0 Å². The van der Waals surface area contributed by atoms with E-state index in [-0.39, 0.29) is 31.5 Å². The van der Waals surface area contributed by atoms with Crippen LogP contribution in [0.1, 0.15) is 19.8 Å². The van der Waals surface area contributed by atoms with Crippen LogP contribution in [0.15, 0.2) is 0 Å². The molecule has 0 aromatic heterocycles. The van der Waals surface area contributed by atoms with Crippen molar-refractivity contribution in [3.63, 3.8) is 0 Å². The van der Waals surface area contributed by atoms with Gasteiger partial charge >= 0.3 is 0 Å². The number of nitrogens with zero attached hydrogens (tertiary/aromatic N) is 1. The van der Waals surface area contributed by atoms with Crippen molar-refractivity contribution < 1.29 is 19.1 Å². The molecule has 90 valence electrons. The van der Waals surface area contributed by atoms with E-state index in [2.05, 4.69) is 5.32 Å². The van der Waals surface area contributed by atoms with E-state index in [9.17, 15) is 14.4 Å². The molecule has 0 aromatic carbocycles. The molecule has 1 atom stereocenters. The van der Waals surface area contributed by atoms with Crippen LogP contribution in [0.3, 0.4) is 0 Å². The Morgan fingerprint density at radius 3 is 2.50 bits per heavy atom. The Bertz CT molecular complexity index is 287. The molecule has 1 aliphatic heterocycles. The maximum atomic E-state index is 11.6. The summed E-state index contributed by atoms with van der Waals surface area (Å²) in [5.74, 6) is -1.04. The van der Waals surface area contributed by atoms with Gasteiger partial charge in [-0.15, -0.1) is 0 Å². The molecule has 0 radical (unpaired) electrons. The van der Waals surface area contributed by atoms with Crippen molar-refractivity contribution in [2.45, 2.75) is 25.9 Å². The van der Waals surface area contributed by atoms with Crippen LogP contribution in [0.2, 0.25) is 0 Å². The zero-order chi connectivity index (χ0) is 12.1. The lowest BCUT2D eigenvalue weighted by atomic mass is 10.2. The summed E-state index contributed by atoms with van der Waals surface area (Å²) in [6.45, 7) is 1.79. The Morgan fingerprint density at radius 2 is 2.00 bits per heavy atom. The number of hydrogen-bond acceptors (Lipinski definition) is 4. The molecular formula is C10H16N2O4. The average molecular weight is 228 g/mol. The van der Waals surface area contributed by atoms with E-state index in [0.29, 0.717) is 6.42 Å². The normalized spacial score (nSPS) is 18.2. The van der Waals surface area contributed by atoms with Gasteiger partial charge < -0.3 is 9.64 Å². The van der Waals surface area contributed by atoms with Crippen molar-refractivity contribution in [3.8, 4) is 0 Å². The fourth-order valence-corrected chi connectivity index (χ4v) is 1.42. The summed E-state index contributed by atoms with van der Waals surface area (Å²) in [5.41, 5.74) is 0. The molecule has 6 heteroatoms. The molecule has 1 heterocycles. The lowest BCUT2D eigenvalue weighted by Gasteiger charge is -2.25. The number of carbonyl (C=O) groups excluding carboxylic acids is 3. The summed E-state index contributed by atoms with van der Waals surface area (Å²) >= 11 is 0. The third-order valence-corrected chi connectivity index (χ3v) is 2.47. The number of rotatable bonds is 4. The smallest absolute Gasteiger partial charge is 0.246 e. The van der Waals surface area contributed by atoms with E-state index in [1.165, 1.54) is 4.90 Å². The Balaban J connectivity index is 2.41. The van der Waals surface area contributed by atoms with E-state index >= 15 is 0 Å². The number of methoxy groups -OCH3 is 1. The molecule has 0 aromatic rings. The minimum absolute atomic E-state index is 0.00160. The fourth-order valence-electron chi connectivity index (χ4n) is 1.42. The number of carbonyl (C=O) groups is 3. The zero-order valence-electron chi connectivity index (χ0n) is 9.49. The number of ether oxygens (including phenoxy) is 1. The number of amides is 3. The van der Waals surface area contributed by atoms with Crippen molar-refractivity contribution in [3.05, 3.63) is 0 Å². The summed E-state index contributed by atoms with van der Waals surface area (Å²) in [6, 6.07) is 0. The van der Waals surface area contributed by atoms with Gasteiger partial charge in [0.25, 0.3) is 0 Å². The molecule has 0 bridgehead atoms. The summed E-state index contributed by atoms with van der Waals surface area (Å²) in [5, 5.41) is 2.14. The molecule has 1 N–H and O–H groups in total. The Hall–Kier alpha value is -1.43. The molecule has 3 amide bonds. The van der Waals surface area contributed by atoms with Gasteiger partial charge in [-0.05, 0) is 13.3 Å². The highest BCUT2D eigenvalue weighted by molar-refractivity contribution is 6.02. The molecule has 1 aliphatic rings. The third-order valence-electron chi connectivity index (χ3n) is 2.47. The quantitative estimate of drug-likeness (QED) is 0.645. The van der Waals surface area contributed by atoms with Gasteiger partial charge in [0, 0.05) is 13.5 Å². The monoisotopic (exact) mass is 228 g/mol. The highest BCUT2D eigenvalue weighted by Gasteiger charge is 2.25. The third kappa shape index (κ3) is 3.62. The SMILES string of the molecule is COC(C)CCC(=O)N1CC(=O)NC(=O)C1. The summed E-state index contributed by atoms with van der Waals surface area (Å²) < 4.78 is 5.01. The van der Waals surface area contributed by atoms with Gasteiger partial charge in [-0.25, -0.2) is 0 Å². The van der Waals surface area contributed by atoms with Crippen LogP contribution in [0.25, 0.3) is 0 Å². The maximum absolute atomic E-state index is 11.6. The maximum Gasteiger partial charge on any atom is 0.246 e. The number of piperazine rings is 1. The second kappa shape index (κ2) is 5.60. The Kier molecular flexibility index (Phi) is 4.42. The van der Waals surface area contributed by atoms with Crippen molar-refractivity contribution in [2.75, 3.05) is 20.2 Å². The van der Waals surface area contributed by atoms with E-state index in [1.54, 1.807) is 7.11 Å². The predicted molar refractivity (Wildman–Crippen MR) is 55.4 cm³/mol. The molecule has 0 aliphatic carbocycles. The van der Waals surface area contributed by atoms with E-state index in [0.717, 1.165) is 0 Å². The number of imide groups is 1. The van der Waals surface area contributed by atoms with Crippen molar-refractivity contribution >= 4 is 17.7 Å². The van der Waals surface area contributed by atoms with Crippen LogP contribution in [0.5, 0.6) is 0 Å². The first kappa shape index (κ1) is 12.6. The lowest BCUT2D eigenvalue weighted by Crippen LogP contribution is -2.53. The summed E-state index contributed by atoms with van der Waals surface area (Å²) in [6.07, 6.45) is 0.871. The first-order valence-corrected chi connectivity index (χ1v) is 5.16. The largest absolute Gasteiger partial charge is 0.382 e. The minimum atomic E-state index is -0.426.